The lowest BCUT2D eigenvalue weighted by molar-refractivity contribution is 0.0923. The predicted molar refractivity (Wildman–Crippen MR) is 80.1 cm³/mol. The lowest BCUT2D eigenvalue weighted by atomic mass is 9.95. The first-order valence-corrected chi connectivity index (χ1v) is 7.33. The molecule has 3 rings (SSSR count). The fraction of sp³-hybridized carbons (Fsp3) is 0.400. The molecule has 110 valence electrons. The summed E-state index contributed by atoms with van der Waals surface area (Å²) in [7, 11) is 0. The molecule has 1 aromatic heterocycles. The second-order valence-electron chi connectivity index (χ2n) is 5.37. The highest BCUT2D eigenvalue weighted by atomic mass is 16.2. The third-order valence-electron chi connectivity index (χ3n) is 3.78. The quantitative estimate of drug-likeness (QED) is 0.902. The number of amides is 1. The lowest BCUT2D eigenvalue weighted by Gasteiger charge is -2.22. The van der Waals surface area contributed by atoms with Crippen molar-refractivity contribution < 1.29 is 4.79 Å². The maximum absolute atomic E-state index is 12.3. The highest BCUT2D eigenvalue weighted by Crippen LogP contribution is 2.18. The van der Waals surface area contributed by atoms with E-state index in [0.717, 1.165) is 31.4 Å². The molecule has 1 aromatic carbocycles. The van der Waals surface area contributed by atoms with Crippen molar-refractivity contribution in [3.8, 4) is 5.69 Å². The van der Waals surface area contributed by atoms with Gasteiger partial charge in [-0.25, -0.2) is 0 Å². The lowest BCUT2D eigenvalue weighted by Crippen LogP contribution is -2.36. The Hall–Kier alpha value is -2.37. The maximum Gasteiger partial charge on any atom is 0.275 e. The highest BCUT2D eigenvalue weighted by molar-refractivity contribution is 5.96. The van der Waals surface area contributed by atoms with Gasteiger partial charge in [-0.15, -0.1) is 15.0 Å². The van der Waals surface area contributed by atoms with Gasteiger partial charge in [0, 0.05) is 6.04 Å². The van der Waals surface area contributed by atoms with E-state index in [4.69, 9.17) is 5.73 Å². The number of aromatic nitrogens is 3. The summed E-state index contributed by atoms with van der Waals surface area (Å²) in [6.45, 7) is 0. The highest BCUT2D eigenvalue weighted by Gasteiger charge is 2.21. The van der Waals surface area contributed by atoms with E-state index in [1.165, 1.54) is 11.2 Å². The van der Waals surface area contributed by atoms with E-state index in [0.29, 0.717) is 0 Å². The van der Waals surface area contributed by atoms with E-state index in [1.807, 2.05) is 30.3 Å². The average Bonchev–Trinajstić information content (AvgIpc) is 2.91. The summed E-state index contributed by atoms with van der Waals surface area (Å²) >= 11 is 0. The number of benzene rings is 1. The topological polar surface area (TPSA) is 85.8 Å². The Morgan fingerprint density at radius 2 is 1.86 bits per heavy atom. The number of hydrogen-bond donors (Lipinski definition) is 2. The SMILES string of the molecule is Nc1nn(-c2ccccc2)nc1C(=O)NC1CCCCC1. The van der Waals surface area contributed by atoms with Crippen LogP contribution in [0.4, 0.5) is 5.82 Å². The molecular weight excluding hydrogens is 266 g/mol. The van der Waals surface area contributed by atoms with Gasteiger partial charge in [0.15, 0.2) is 11.5 Å². The standard InChI is InChI=1S/C15H19N5O/c16-14-13(15(21)17-11-7-3-1-4-8-11)18-20(19-14)12-9-5-2-6-10-12/h2,5-6,9-11H,1,3-4,7-8H2,(H2,16,19)(H,17,21). The molecule has 0 spiro atoms. The monoisotopic (exact) mass is 285 g/mol. The van der Waals surface area contributed by atoms with Crippen molar-refractivity contribution in [1.29, 1.82) is 0 Å². The normalized spacial score (nSPS) is 15.8. The van der Waals surface area contributed by atoms with Gasteiger partial charge in [0.2, 0.25) is 0 Å². The molecule has 0 saturated heterocycles. The van der Waals surface area contributed by atoms with Gasteiger partial charge in [0.05, 0.1) is 5.69 Å². The molecule has 6 nitrogen and oxygen atoms in total. The summed E-state index contributed by atoms with van der Waals surface area (Å²) in [4.78, 5) is 13.7. The number of hydrogen-bond acceptors (Lipinski definition) is 4. The molecule has 6 heteroatoms. The minimum atomic E-state index is -0.235. The molecule has 1 fully saturated rings. The third kappa shape index (κ3) is 3.04. The summed E-state index contributed by atoms with van der Waals surface area (Å²) in [6, 6.07) is 9.64. The molecule has 1 heterocycles. The molecule has 1 aliphatic carbocycles. The number of anilines is 1. The van der Waals surface area contributed by atoms with E-state index >= 15 is 0 Å². The summed E-state index contributed by atoms with van der Waals surface area (Å²) in [5.74, 6) is -0.0752. The fourth-order valence-electron chi connectivity index (χ4n) is 2.66. The molecule has 0 aliphatic heterocycles. The molecule has 1 aliphatic rings. The Morgan fingerprint density at radius 1 is 1.14 bits per heavy atom. The molecule has 0 atom stereocenters. The minimum absolute atomic E-state index is 0.159. The van der Waals surface area contributed by atoms with Gasteiger partial charge in [-0.1, -0.05) is 37.5 Å². The smallest absolute Gasteiger partial charge is 0.275 e. The van der Waals surface area contributed by atoms with Crippen LogP contribution in [0.2, 0.25) is 0 Å². The van der Waals surface area contributed by atoms with Crippen LogP contribution in [0, 0.1) is 0 Å². The Morgan fingerprint density at radius 3 is 2.57 bits per heavy atom. The Kier molecular flexibility index (Phi) is 3.85. The number of carbonyl (C=O) groups is 1. The summed E-state index contributed by atoms with van der Waals surface area (Å²) in [5, 5.41) is 11.3. The maximum atomic E-state index is 12.3. The van der Waals surface area contributed by atoms with Gasteiger partial charge in [-0.3, -0.25) is 4.79 Å². The molecule has 0 unspecified atom stereocenters. The van der Waals surface area contributed by atoms with Crippen molar-refractivity contribution in [2.45, 2.75) is 38.1 Å². The Balaban J connectivity index is 1.76. The third-order valence-corrected chi connectivity index (χ3v) is 3.78. The van der Waals surface area contributed by atoms with Crippen LogP contribution in [0.3, 0.4) is 0 Å². The molecule has 1 amide bonds. The summed E-state index contributed by atoms with van der Waals surface area (Å²) in [6.07, 6.45) is 5.63. The minimum Gasteiger partial charge on any atom is -0.380 e. The van der Waals surface area contributed by atoms with E-state index in [-0.39, 0.29) is 23.5 Å². The van der Waals surface area contributed by atoms with Crippen LogP contribution < -0.4 is 11.1 Å². The van der Waals surface area contributed by atoms with Gasteiger partial charge >= 0.3 is 0 Å². The van der Waals surface area contributed by atoms with E-state index < -0.39 is 0 Å². The zero-order chi connectivity index (χ0) is 14.7. The van der Waals surface area contributed by atoms with Crippen LogP contribution in [0.5, 0.6) is 0 Å². The number of nitrogen functional groups attached to an aromatic ring is 1. The van der Waals surface area contributed by atoms with Crippen molar-refractivity contribution in [2.75, 3.05) is 5.73 Å². The van der Waals surface area contributed by atoms with Crippen LogP contribution in [-0.4, -0.2) is 26.9 Å². The van der Waals surface area contributed by atoms with Crippen LogP contribution >= 0.6 is 0 Å². The number of nitrogens with one attached hydrogen (secondary N) is 1. The van der Waals surface area contributed by atoms with Gasteiger partial charge in [0.25, 0.3) is 5.91 Å². The second kappa shape index (κ2) is 5.95. The summed E-state index contributed by atoms with van der Waals surface area (Å²) < 4.78 is 0. The van der Waals surface area contributed by atoms with Gasteiger partial charge in [0.1, 0.15) is 0 Å². The van der Waals surface area contributed by atoms with E-state index in [9.17, 15) is 4.79 Å². The van der Waals surface area contributed by atoms with Crippen LogP contribution in [0.1, 0.15) is 42.6 Å². The van der Waals surface area contributed by atoms with E-state index in [1.54, 1.807) is 0 Å². The molecule has 0 bridgehead atoms. The van der Waals surface area contributed by atoms with Crippen LogP contribution in [-0.2, 0) is 0 Å². The fourth-order valence-corrected chi connectivity index (χ4v) is 2.66. The molecule has 21 heavy (non-hydrogen) atoms. The average molecular weight is 285 g/mol. The number of para-hydroxylation sites is 1. The molecule has 3 N–H and O–H groups in total. The number of carbonyl (C=O) groups excluding carboxylic acids is 1. The number of nitrogens with two attached hydrogens (primary N) is 1. The van der Waals surface area contributed by atoms with Gasteiger partial charge < -0.3 is 11.1 Å². The van der Waals surface area contributed by atoms with Gasteiger partial charge in [-0.05, 0) is 25.0 Å². The number of nitrogens with zero attached hydrogens (tertiary/aromatic N) is 3. The Labute approximate surface area is 123 Å². The first-order chi connectivity index (χ1) is 10.2. The van der Waals surface area contributed by atoms with Crippen LogP contribution in [0.25, 0.3) is 5.69 Å². The van der Waals surface area contributed by atoms with Crippen LogP contribution in [0.15, 0.2) is 30.3 Å². The second-order valence-corrected chi connectivity index (χ2v) is 5.37. The zero-order valence-electron chi connectivity index (χ0n) is 11.8. The molecule has 1 saturated carbocycles. The Bertz CT molecular complexity index is 616. The molecule has 0 radical (unpaired) electrons. The van der Waals surface area contributed by atoms with Gasteiger partial charge in [-0.2, -0.15) is 0 Å². The first-order valence-electron chi connectivity index (χ1n) is 7.33. The first kappa shape index (κ1) is 13.6. The van der Waals surface area contributed by atoms with E-state index in [2.05, 4.69) is 15.5 Å². The van der Waals surface area contributed by atoms with Crippen molar-refractivity contribution in [3.63, 3.8) is 0 Å². The number of rotatable bonds is 3. The van der Waals surface area contributed by atoms with Crippen molar-refractivity contribution >= 4 is 11.7 Å². The molecule has 2 aromatic rings. The molecular formula is C15H19N5O. The van der Waals surface area contributed by atoms with Crippen molar-refractivity contribution in [1.82, 2.24) is 20.3 Å². The largest absolute Gasteiger partial charge is 0.380 e. The summed E-state index contributed by atoms with van der Waals surface area (Å²) in [5.41, 5.74) is 6.81. The predicted octanol–water partition coefficient (Wildman–Crippen LogP) is 1.91. The van der Waals surface area contributed by atoms with Crippen molar-refractivity contribution in [2.24, 2.45) is 0 Å². The van der Waals surface area contributed by atoms with Crippen molar-refractivity contribution in [3.05, 3.63) is 36.0 Å². The zero-order valence-corrected chi connectivity index (χ0v) is 11.8.